The number of benzene rings is 9. The molecule has 0 atom stereocenters. The van der Waals surface area contributed by atoms with E-state index in [2.05, 4.69) is 240 Å². The molecule has 0 fully saturated rings. The third-order valence-corrected chi connectivity index (χ3v) is 16.9. The van der Waals surface area contributed by atoms with Crippen LogP contribution in [0.25, 0.3) is 62.6 Å². The first-order chi connectivity index (χ1) is 32.9. The van der Waals surface area contributed by atoms with E-state index in [1.165, 1.54) is 118 Å². The molecule has 0 unspecified atom stereocenters. The van der Waals surface area contributed by atoms with Gasteiger partial charge in [-0.3, -0.25) is 0 Å². The average molecular weight is 911 g/mol. The molecule has 0 spiro atoms. The van der Waals surface area contributed by atoms with Crippen LogP contribution in [-0.4, -0.2) is 6.71 Å². The first-order valence-electron chi connectivity index (χ1n) is 23.9. The van der Waals surface area contributed by atoms with E-state index in [9.17, 15) is 0 Å². The molecule has 0 saturated carbocycles. The molecule has 4 heterocycles. The fourth-order valence-electron chi connectivity index (χ4n) is 11.2. The Kier molecular flexibility index (Phi) is 9.13. The molecule has 68 heavy (non-hydrogen) atoms. The molecule has 2 aliphatic rings. The minimum atomic E-state index is -0.0261. The van der Waals surface area contributed by atoms with Crippen LogP contribution in [-0.2, 0) is 10.8 Å². The minimum absolute atomic E-state index is 0.0261. The van der Waals surface area contributed by atoms with Gasteiger partial charge in [0.05, 0.1) is 0 Å². The lowest BCUT2D eigenvalue weighted by atomic mass is 9.33. The SMILES string of the molecule is Cc1cc2c3c(c1)N(c1ccc(-c4cccc5sc6ccccc6c45)cc1)c1cc(C(C)(C)C)ccc1B3c1ccc(C(C)(C)C)cc1N2c1ccc(-c2cccc3sc4ccccc4c23)cc1. The average Bonchev–Trinajstić information content (AvgIpc) is 3.92. The van der Waals surface area contributed by atoms with Gasteiger partial charge in [-0.15, -0.1) is 22.7 Å². The third kappa shape index (κ3) is 6.36. The van der Waals surface area contributed by atoms with Crippen LogP contribution in [0.1, 0.15) is 58.2 Å². The summed E-state index contributed by atoms with van der Waals surface area (Å²) in [6.07, 6.45) is 0. The molecule has 5 heteroatoms. The Balaban J connectivity index is 1.01. The molecule has 328 valence electrons. The molecule has 0 amide bonds. The molecule has 13 rings (SSSR count). The predicted octanol–water partition coefficient (Wildman–Crippen LogP) is 16.7. The van der Waals surface area contributed by atoms with Crippen molar-refractivity contribution < 1.29 is 0 Å². The van der Waals surface area contributed by atoms with Gasteiger partial charge in [0.25, 0.3) is 6.71 Å². The van der Waals surface area contributed by atoms with Crippen LogP contribution in [0, 0.1) is 6.92 Å². The van der Waals surface area contributed by atoms with Gasteiger partial charge in [0.2, 0.25) is 0 Å². The highest BCUT2D eigenvalue weighted by molar-refractivity contribution is 7.26. The second-order valence-corrected chi connectivity index (χ2v) is 23.2. The summed E-state index contributed by atoms with van der Waals surface area (Å²) in [6, 6.07) is 69.5. The molecule has 2 nitrogen and oxygen atoms in total. The predicted molar refractivity (Wildman–Crippen MR) is 299 cm³/mol. The molecular weight excluding hydrogens is 860 g/mol. The molecule has 0 N–H and O–H groups in total. The Bertz CT molecular complexity index is 3590. The van der Waals surface area contributed by atoms with E-state index >= 15 is 0 Å². The Morgan fingerprint density at radius 2 is 0.809 bits per heavy atom. The van der Waals surface area contributed by atoms with Crippen LogP contribution in [0.3, 0.4) is 0 Å². The summed E-state index contributed by atoms with van der Waals surface area (Å²) >= 11 is 3.76. The quantitative estimate of drug-likeness (QED) is 0.162. The summed E-state index contributed by atoms with van der Waals surface area (Å²) in [5.74, 6) is 0. The number of aryl methyl sites for hydroxylation is 1. The fourth-order valence-corrected chi connectivity index (χ4v) is 13.5. The molecule has 0 radical (unpaired) electrons. The monoisotopic (exact) mass is 910 g/mol. The standard InChI is InChI=1S/C63H51BN2S2/c1-38-34-53-61-54(35-38)66(44-30-24-40(25-31-44)46-17-13-21-58-60(46)48-15-9-11-19-56(48)68-58)52-37-42(63(5,6)7)27-33-50(52)64(61)49-32-26-41(62(2,3)4)36-51(49)65(53)43-28-22-39(23-29-43)45-16-12-20-57-59(45)47-14-8-10-18-55(47)67-57/h8-37H,1-7H3. The van der Waals surface area contributed by atoms with Gasteiger partial charge in [-0.1, -0.05) is 151 Å². The smallest absolute Gasteiger partial charge is 0.252 e. The lowest BCUT2D eigenvalue weighted by Gasteiger charge is -2.45. The Labute approximate surface area is 407 Å². The van der Waals surface area contributed by atoms with Gasteiger partial charge in [0, 0.05) is 74.5 Å². The summed E-state index contributed by atoms with van der Waals surface area (Å²) in [4.78, 5) is 5.14. The third-order valence-electron chi connectivity index (χ3n) is 14.6. The Morgan fingerprint density at radius 3 is 1.24 bits per heavy atom. The normalized spacial score (nSPS) is 13.4. The summed E-state index contributed by atoms with van der Waals surface area (Å²) in [5.41, 5.74) is 20.2. The number of thiophene rings is 2. The molecule has 0 aliphatic carbocycles. The van der Waals surface area contributed by atoms with Crippen molar-refractivity contribution in [2.75, 3.05) is 9.80 Å². The zero-order valence-electron chi connectivity index (χ0n) is 39.6. The zero-order valence-corrected chi connectivity index (χ0v) is 41.2. The number of fused-ring (bicyclic) bond motifs is 10. The van der Waals surface area contributed by atoms with E-state index in [4.69, 9.17) is 0 Å². The van der Waals surface area contributed by atoms with Gasteiger partial charge in [-0.25, -0.2) is 0 Å². The highest BCUT2D eigenvalue weighted by atomic mass is 32.1. The Hall–Kier alpha value is -6.92. The molecule has 2 aromatic heterocycles. The van der Waals surface area contributed by atoms with Crippen molar-refractivity contribution >= 4 is 120 Å². The lowest BCUT2D eigenvalue weighted by molar-refractivity contribution is 0.590. The highest BCUT2D eigenvalue weighted by Crippen LogP contribution is 2.48. The van der Waals surface area contributed by atoms with Crippen molar-refractivity contribution in [2.45, 2.75) is 59.3 Å². The second-order valence-electron chi connectivity index (χ2n) is 21.0. The molecule has 0 saturated heterocycles. The van der Waals surface area contributed by atoms with E-state index in [0.29, 0.717) is 0 Å². The van der Waals surface area contributed by atoms with Gasteiger partial charge >= 0.3 is 0 Å². The first kappa shape index (κ1) is 41.3. The van der Waals surface area contributed by atoms with E-state index in [1.54, 1.807) is 0 Å². The van der Waals surface area contributed by atoms with Crippen LogP contribution >= 0.6 is 22.7 Å². The molecular formula is C63H51BN2S2. The largest absolute Gasteiger partial charge is 0.311 e. The van der Waals surface area contributed by atoms with E-state index in [-0.39, 0.29) is 17.5 Å². The molecule has 9 aromatic carbocycles. The maximum absolute atomic E-state index is 2.57. The molecule has 11 aromatic rings. The van der Waals surface area contributed by atoms with Crippen LogP contribution in [0.15, 0.2) is 182 Å². The van der Waals surface area contributed by atoms with Crippen molar-refractivity contribution in [1.82, 2.24) is 0 Å². The maximum atomic E-state index is 2.57. The summed E-state index contributed by atoms with van der Waals surface area (Å²) in [6.45, 7) is 16.3. The van der Waals surface area contributed by atoms with Crippen LogP contribution in [0.5, 0.6) is 0 Å². The van der Waals surface area contributed by atoms with Crippen LogP contribution in [0.4, 0.5) is 34.1 Å². The number of nitrogens with zero attached hydrogens (tertiary/aromatic N) is 2. The summed E-state index contributed by atoms with van der Waals surface area (Å²) in [7, 11) is 0. The van der Waals surface area contributed by atoms with Crippen LogP contribution in [0.2, 0.25) is 0 Å². The Morgan fingerprint density at radius 1 is 0.397 bits per heavy atom. The van der Waals surface area contributed by atoms with Crippen LogP contribution < -0.4 is 26.2 Å². The number of anilines is 6. The lowest BCUT2D eigenvalue weighted by Crippen LogP contribution is -2.61. The molecule has 2 aliphatic heterocycles. The number of hydrogen-bond acceptors (Lipinski definition) is 4. The molecule has 0 bridgehead atoms. The fraction of sp³-hybridized carbons (Fsp3) is 0.143. The van der Waals surface area contributed by atoms with Crippen molar-refractivity contribution in [1.29, 1.82) is 0 Å². The van der Waals surface area contributed by atoms with Crippen molar-refractivity contribution in [3.8, 4) is 22.3 Å². The van der Waals surface area contributed by atoms with Crippen molar-refractivity contribution in [2.24, 2.45) is 0 Å². The van der Waals surface area contributed by atoms with Crippen molar-refractivity contribution in [3.05, 3.63) is 199 Å². The topological polar surface area (TPSA) is 6.48 Å². The summed E-state index contributed by atoms with van der Waals surface area (Å²) < 4.78 is 5.31. The number of rotatable bonds is 4. The minimum Gasteiger partial charge on any atom is -0.311 e. The van der Waals surface area contributed by atoms with Crippen molar-refractivity contribution in [3.63, 3.8) is 0 Å². The van der Waals surface area contributed by atoms with Gasteiger partial charge in [0.15, 0.2) is 0 Å². The maximum Gasteiger partial charge on any atom is 0.252 e. The highest BCUT2D eigenvalue weighted by Gasteiger charge is 2.44. The van der Waals surface area contributed by atoms with Gasteiger partial charge < -0.3 is 9.80 Å². The van der Waals surface area contributed by atoms with Gasteiger partial charge in [0.1, 0.15) is 0 Å². The van der Waals surface area contributed by atoms with E-state index in [0.717, 1.165) is 11.4 Å². The van der Waals surface area contributed by atoms with E-state index in [1.807, 2.05) is 22.7 Å². The number of hydrogen-bond donors (Lipinski definition) is 0. The second kappa shape index (κ2) is 15.0. The summed E-state index contributed by atoms with van der Waals surface area (Å²) in [5, 5.41) is 5.33. The zero-order chi connectivity index (χ0) is 46.2. The van der Waals surface area contributed by atoms with E-state index < -0.39 is 0 Å². The first-order valence-corrected chi connectivity index (χ1v) is 25.6. The van der Waals surface area contributed by atoms with Gasteiger partial charge in [-0.05, 0) is 146 Å². The van der Waals surface area contributed by atoms with Gasteiger partial charge in [-0.2, -0.15) is 0 Å².